The fraction of sp³-hybridized carbons (Fsp3) is 0.458. The van der Waals surface area contributed by atoms with Crippen LogP contribution < -0.4 is 15.1 Å². The van der Waals surface area contributed by atoms with Gasteiger partial charge in [0.1, 0.15) is 5.82 Å². The molecule has 1 atom stereocenters. The molecule has 4 rings (SSSR count). The van der Waals surface area contributed by atoms with Gasteiger partial charge in [0.2, 0.25) is 0 Å². The Balaban J connectivity index is 1.45. The highest BCUT2D eigenvalue weighted by atomic mass is 19.1. The van der Waals surface area contributed by atoms with E-state index in [4.69, 9.17) is 0 Å². The van der Waals surface area contributed by atoms with E-state index in [9.17, 15) is 9.18 Å². The summed E-state index contributed by atoms with van der Waals surface area (Å²) in [6.45, 7) is 10.6. The number of benzene rings is 2. The average molecular weight is 411 g/mol. The number of amides is 2. The molecule has 1 fully saturated rings. The molecule has 2 aliphatic rings. The third kappa shape index (κ3) is 4.43. The van der Waals surface area contributed by atoms with E-state index in [1.807, 2.05) is 35.2 Å². The van der Waals surface area contributed by atoms with E-state index in [0.29, 0.717) is 13.1 Å². The van der Waals surface area contributed by atoms with Crippen molar-refractivity contribution in [3.63, 3.8) is 0 Å². The van der Waals surface area contributed by atoms with Crippen LogP contribution in [0.2, 0.25) is 0 Å². The molecular weight excluding hydrogens is 379 g/mol. The van der Waals surface area contributed by atoms with Gasteiger partial charge in [-0.05, 0) is 57.0 Å². The summed E-state index contributed by atoms with van der Waals surface area (Å²) in [6, 6.07) is 14.8. The van der Waals surface area contributed by atoms with Crippen LogP contribution in [0.25, 0.3) is 0 Å². The summed E-state index contributed by atoms with van der Waals surface area (Å²) in [5.41, 5.74) is 3.13. The van der Waals surface area contributed by atoms with Crippen LogP contribution >= 0.6 is 0 Å². The number of halogens is 1. The number of carbonyl (C=O) groups is 1. The van der Waals surface area contributed by atoms with Crippen LogP contribution in [0, 0.1) is 5.82 Å². The molecule has 1 saturated heterocycles. The molecule has 6 heteroatoms. The molecule has 0 bridgehead atoms. The average Bonchev–Trinajstić information content (AvgIpc) is 3.19. The molecule has 1 N–H and O–H groups in total. The molecule has 30 heavy (non-hydrogen) atoms. The van der Waals surface area contributed by atoms with Crippen LogP contribution in [-0.2, 0) is 6.54 Å². The highest BCUT2D eigenvalue weighted by Crippen LogP contribution is 2.34. The van der Waals surface area contributed by atoms with Gasteiger partial charge in [0.15, 0.2) is 0 Å². The van der Waals surface area contributed by atoms with Crippen LogP contribution in [0.5, 0.6) is 0 Å². The van der Waals surface area contributed by atoms with E-state index in [0.717, 1.165) is 43.0 Å². The quantitative estimate of drug-likeness (QED) is 0.823. The van der Waals surface area contributed by atoms with Crippen LogP contribution in [0.1, 0.15) is 32.8 Å². The molecule has 0 saturated carbocycles. The van der Waals surface area contributed by atoms with E-state index in [2.05, 4.69) is 42.0 Å². The molecule has 0 aromatic heterocycles. The molecule has 2 amide bonds. The Labute approximate surface area is 178 Å². The van der Waals surface area contributed by atoms with Crippen molar-refractivity contribution in [1.29, 1.82) is 0 Å². The minimum absolute atomic E-state index is 0.0235. The summed E-state index contributed by atoms with van der Waals surface area (Å²) in [6.07, 6.45) is 0.981. The molecule has 160 valence electrons. The van der Waals surface area contributed by atoms with Crippen molar-refractivity contribution < 1.29 is 9.18 Å². The van der Waals surface area contributed by atoms with Crippen molar-refractivity contribution in [3.05, 3.63) is 59.9 Å². The highest BCUT2D eigenvalue weighted by Gasteiger charge is 2.33. The first-order valence-electron chi connectivity index (χ1n) is 10.7. The first-order chi connectivity index (χ1) is 14.3. The van der Waals surface area contributed by atoms with Crippen molar-refractivity contribution >= 4 is 17.4 Å². The topological polar surface area (TPSA) is 38.8 Å². The number of hydrogen-bond donors (Lipinski definition) is 1. The molecule has 0 radical (unpaired) electrons. The molecule has 0 spiro atoms. The van der Waals surface area contributed by atoms with Gasteiger partial charge in [0, 0.05) is 44.3 Å². The zero-order valence-corrected chi connectivity index (χ0v) is 18.1. The second-order valence-electron chi connectivity index (χ2n) is 9.24. The molecule has 2 aromatic carbocycles. The third-order valence-electron chi connectivity index (χ3n) is 6.10. The van der Waals surface area contributed by atoms with Gasteiger partial charge in [-0.15, -0.1) is 0 Å². The Morgan fingerprint density at radius 3 is 2.40 bits per heavy atom. The van der Waals surface area contributed by atoms with Crippen molar-refractivity contribution in [3.8, 4) is 0 Å². The zero-order chi connectivity index (χ0) is 21.3. The van der Waals surface area contributed by atoms with Gasteiger partial charge >= 0.3 is 6.03 Å². The number of likely N-dealkylation sites (tertiary alicyclic amines) is 1. The molecule has 2 heterocycles. The lowest BCUT2D eigenvalue weighted by atomic mass is 10.1. The third-order valence-corrected chi connectivity index (χ3v) is 6.10. The summed E-state index contributed by atoms with van der Waals surface area (Å²) >= 11 is 0. The van der Waals surface area contributed by atoms with Crippen LogP contribution in [0.15, 0.2) is 48.5 Å². The van der Waals surface area contributed by atoms with Gasteiger partial charge < -0.3 is 10.2 Å². The smallest absolute Gasteiger partial charge is 0.322 e. The number of rotatable bonds is 3. The maximum absolute atomic E-state index is 13.2. The normalized spacial score (nSPS) is 19.7. The number of nitrogens with zero attached hydrogens (tertiary/aromatic N) is 3. The maximum atomic E-state index is 13.2. The molecule has 2 aromatic rings. The van der Waals surface area contributed by atoms with E-state index < -0.39 is 0 Å². The fourth-order valence-corrected chi connectivity index (χ4v) is 4.35. The van der Waals surface area contributed by atoms with Crippen LogP contribution in [-0.4, -0.2) is 48.7 Å². The minimum Gasteiger partial charge on any atom is -0.364 e. The van der Waals surface area contributed by atoms with E-state index >= 15 is 0 Å². The second kappa shape index (κ2) is 8.26. The minimum atomic E-state index is -0.224. The summed E-state index contributed by atoms with van der Waals surface area (Å²) in [5.74, 6) is -0.224. The van der Waals surface area contributed by atoms with Crippen molar-refractivity contribution in [2.45, 2.75) is 45.3 Å². The van der Waals surface area contributed by atoms with Gasteiger partial charge in [-0.25, -0.2) is 9.18 Å². The Kier molecular flexibility index (Phi) is 5.69. The summed E-state index contributed by atoms with van der Waals surface area (Å²) in [4.78, 5) is 19.6. The summed E-state index contributed by atoms with van der Waals surface area (Å²) in [5, 5.41) is 3.25. The predicted molar refractivity (Wildman–Crippen MR) is 120 cm³/mol. The lowest BCUT2D eigenvalue weighted by Crippen LogP contribution is -2.51. The molecule has 2 aliphatic heterocycles. The van der Waals surface area contributed by atoms with Gasteiger partial charge in [-0.2, -0.15) is 0 Å². The van der Waals surface area contributed by atoms with Crippen molar-refractivity contribution in [2.24, 2.45) is 0 Å². The van der Waals surface area contributed by atoms with E-state index in [1.54, 1.807) is 0 Å². The maximum Gasteiger partial charge on any atom is 0.322 e. The molecule has 0 aliphatic carbocycles. The molecular formula is C24H31FN4O. The Morgan fingerprint density at radius 1 is 1.03 bits per heavy atom. The monoisotopic (exact) mass is 410 g/mol. The first kappa shape index (κ1) is 20.7. The van der Waals surface area contributed by atoms with E-state index in [1.165, 1.54) is 12.1 Å². The summed E-state index contributed by atoms with van der Waals surface area (Å²) < 4.78 is 13.2. The number of hydrogen-bond acceptors (Lipinski definition) is 3. The van der Waals surface area contributed by atoms with Gasteiger partial charge in [-0.3, -0.25) is 9.80 Å². The second-order valence-corrected chi connectivity index (χ2v) is 9.24. The van der Waals surface area contributed by atoms with Gasteiger partial charge in [-0.1, -0.05) is 24.3 Å². The molecule has 5 nitrogen and oxygen atoms in total. The Hall–Kier alpha value is -2.60. The van der Waals surface area contributed by atoms with Gasteiger partial charge in [0.05, 0.1) is 11.4 Å². The van der Waals surface area contributed by atoms with Gasteiger partial charge in [0.25, 0.3) is 0 Å². The van der Waals surface area contributed by atoms with E-state index in [-0.39, 0.29) is 23.4 Å². The number of carbonyl (C=O) groups excluding carboxylic acids is 1. The Bertz CT molecular complexity index is 893. The van der Waals surface area contributed by atoms with Crippen molar-refractivity contribution in [2.75, 3.05) is 36.0 Å². The number of fused-ring (bicyclic) bond motifs is 1. The Morgan fingerprint density at radius 2 is 1.73 bits per heavy atom. The van der Waals surface area contributed by atoms with Crippen LogP contribution in [0.3, 0.4) is 0 Å². The largest absolute Gasteiger partial charge is 0.364 e. The number of anilines is 2. The summed E-state index contributed by atoms with van der Waals surface area (Å²) in [7, 11) is 0. The molecule has 1 unspecified atom stereocenters. The fourth-order valence-electron chi connectivity index (χ4n) is 4.35. The number of nitrogens with one attached hydrogen (secondary N) is 1. The standard InChI is InChI=1S/C24H31FN4O/c1-24(2,3)28-13-12-20(17-28)26-23(30)29-15-14-27(21-6-4-5-7-22(21)29)16-18-8-10-19(25)11-9-18/h4-11,20H,12-17H2,1-3H3,(H,26,30). The van der Waals surface area contributed by atoms with Crippen LogP contribution in [0.4, 0.5) is 20.6 Å². The predicted octanol–water partition coefficient (Wildman–Crippen LogP) is 4.23. The lowest BCUT2D eigenvalue weighted by molar-refractivity contribution is 0.170. The SMILES string of the molecule is CC(C)(C)N1CCC(NC(=O)N2CCN(Cc3ccc(F)cc3)c3ccccc32)C1. The number of para-hydroxylation sites is 2. The first-order valence-corrected chi connectivity index (χ1v) is 10.7. The zero-order valence-electron chi connectivity index (χ0n) is 18.1. The van der Waals surface area contributed by atoms with Crippen molar-refractivity contribution in [1.82, 2.24) is 10.2 Å². The highest BCUT2D eigenvalue weighted by molar-refractivity contribution is 5.97. The lowest BCUT2D eigenvalue weighted by Gasteiger charge is -2.38. The number of urea groups is 1.